The standard InChI is InChI=1S/C55H37N5O/c1-57-36-58(38-17-13-19-40(35-38)61-39-18-12-16-37(34-39)46-25-10-11-33-56-46)53-32-14-24-45(55(53)57)54-51(59-47-26-6-2-20-41(47)42-21-3-7-27-48(42)59)30-15-31-52(54)60-49-28-8-4-22-43(49)44-23-5-9-29-50(44)60/h2-35H,1H3/i1D3. The van der Waals surface area contributed by atoms with Gasteiger partial charge in [0.15, 0.2) is 0 Å². The Morgan fingerprint density at radius 1 is 0.508 bits per heavy atom. The van der Waals surface area contributed by atoms with Gasteiger partial charge in [0.1, 0.15) is 11.5 Å². The van der Waals surface area contributed by atoms with Gasteiger partial charge in [-0.3, -0.25) is 4.98 Å². The van der Waals surface area contributed by atoms with E-state index in [1.54, 1.807) is 6.20 Å². The monoisotopic (exact) mass is 786 g/mol. The van der Waals surface area contributed by atoms with Crippen molar-refractivity contribution in [3.8, 4) is 50.9 Å². The van der Waals surface area contributed by atoms with Gasteiger partial charge in [-0.25, -0.2) is 0 Å². The summed E-state index contributed by atoms with van der Waals surface area (Å²) in [4.78, 5) is 4.51. The number of pyridine rings is 1. The molecule has 0 unspecified atom stereocenters. The van der Waals surface area contributed by atoms with Crippen LogP contribution in [0, 0.1) is 6.33 Å². The van der Waals surface area contributed by atoms with Crippen molar-refractivity contribution in [2.24, 2.45) is 6.98 Å². The third kappa shape index (κ3) is 5.57. The minimum Gasteiger partial charge on any atom is -0.458 e. The molecule has 4 aromatic heterocycles. The maximum absolute atomic E-state index is 9.00. The van der Waals surface area contributed by atoms with E-state index in [2.05, 4.69) is 136 Å². The third-order valence-electron chi connectivity index (χ3n) is 11.7. The summed E-state index contributed by atoms with van der Waals surface area (Å²) in [6.07, 6.45) is 5.07. The van der Waals surface area contributed by atoms with Gasteiger partial charge in [-0.2, -0.15) is 0 Å². The molecule has 4 heterocycles. The molecule has 0 N–H and O–H groups in total. The number of imidazole rings is 1. The lowest BCUT2D eigenvalue weighted by Crippen LogP contribution is -2.27. The lowest BCUT2D eigenvalue weighted by molar-refractivity contribution is -0.649. The Morgan fingerprint density at radius 2 is 1.03 bits per heavy atom. The van der Waals surface area contributed by atoms with Crippen LogP contribution in [-0.4, -0.2) is 18.7 Å². The van der Waals surface area contributed by atoms with Crippen molar-refractivity contribution in [1.29, 1.82) is 0 Å². The first-order valence-corrected chi connectivity index (χ1v) is 20.3. The van der Waals surface area contributed by atoms with Gasteiger partial charge < -0.3 is 23.0 Å². The van der Waals surface area contributed by atoms with Gasteiger partial charge in [0.25, 0.3) is 0 Å². The summed E-state index contributed by atoms with van der Waals surface area (Å²) in [6, 6.07) is 67.6. The summed E-state index contributed by atoms with van der Waals surface area (Å²) in [5.74, 6) is 1.24. The van der Waals surface area contributed by atoms with Gasteiger partial charge in [0.2, 0.25) is 6.33 Å². The second-order valence-electron chi connectivity index (χ2n) is 15.2. The fraction of sp³-hybridized carbons (Fsp3) is 0.0182. The van der Waals surface area contributed by atoms with Crippen LogP contribution in [-0.2, 0) is 6.98 Å². The van der Waals surface area contributed by atoms with Gasteiger partial charge in [0, 0.05) is 38.9 Å². The van der Waals surface area contributed by atoms with E-state index in [0.717, 1.165) is 77.4 Å². The highest BCUT2D eigenvalue weighted by Crippen LogP contribution is 2.43. The predicted molar refractivity (Wildman–Crippen MR) is 247 cm³/mol. The van der Waals surface area contributed by atoms with E-state index in [1.165, 1.54) is 4.57 Å². The maximum atomic E-state index is 9.00. The highest BCUT2D eigenvalue weighted by molar-refractivity contribution is 6.12. The van der Waals surface area contributed by atoms with Crippen molar-refractivity contribution in [3.63, 3.8) is 0 Å². The number of hydrogen-bond donors (Lipinski definition) is 0. The Morgan fingerprint density at radius 3 is 1.62 bits per heavy atom. The molecule has 0 fully saturated rings. The topological polar surface area (TPSA) is 40.8 Å². The Kier molecular flexibility index (Phi) is 7.26. The predicted octanol–water partition coefficient (Wildman–Crippen LogP) is 13.0. The van der Waals surface area contributed by atoms with Gasteiger partial charge in [-0.15, -0.1) is 0 Å². The Hall–Kier alpha value is -8.22. The summed E-state index contributed by atoms with van der Waals surface area (Å²) in [5.41, 5.74) is 11.3. The van der Waals surface area contributed by atoms with Crippen LogP contribution in [0.3, 0.4) is 0 Å². The van der Waals surface area contributed by atoms with E-state index in [1.807, 2.05) is 89.5 Å². The zero-order chi connectivity index (χ0) is 42.9. The van der Waals surface area contributed by atoms with Crippen LogP contribution in [0.4, 0.5) is 0 Å². The van der Waals surface area contributed by atoms with Crippen molar-refractivity contribution in [2.45, 2.75) is 0 Å². The molecule has 12 aromatic rings. The van der Waals surface area contributed by atoms with Gasteiger partial charge in [-0.1, -0.05) is 127 Å². The summed E-state index contributed by atoms with van der Waals surface area (Å²) in [7, 11) is 0. The van der Waals surface area contributed by atoms with Crippen LogP contribution in [0.2, 0.25) is 0 Å². The molecule has 0 saturated heterocycles. The zero-order valence-corrected chi connectivity index (χ0v) is 32.8. The van der Waals surface area contributed by atoms with Crippen molar-refractivity contribution in [3.05, 3.63) is 213 Å². The second-order valence-corrected chi connectivity index (χ2v) is 15.2. The molecular weight excluding hydrogens is 747 g/mol. The number of aromatic nitrogens is 5. The summed E-state index contributed by atoms with van der Waals surface area (Å²) in [5, 5.41) is 4.53. The number of benzene rings is 8. The first-order valence-electron chi connectivity index (χ1n) is 21.8. The van der Waals surface area contributed by atoms with E-state index in [4.69, 9.17) is 8.85 Å². The minimum absolute atomic E-state index is 0.520. The average Bonchev–Trinajstić information content (AvgIpc) is 4.01. The van der Waals surface area contributed by atoms with Crippen LogP contribution < -0.4 is 9.30 Å². The molecule has 0 aliphatic heterocycles. The van der Waals surface area contributed by atoms with Gasteiger partial charge in [0.05, 0.1) is 66.9 Å². The van der Waals surface area contributed by atoms with E-state index in [-0.39, 0.29) is 0 Å². The fourth-order valence-corrected chi connectivity index (χ4v) is 9.16. The van der Waals surface area contributed by atoms with Crippen LogP contribution in [0.25, 0.3) is 94.1 Å². The van der Waals surface area contributed by atoms with Crippen LogP contribution in [0.1, 0.15) is 4.11 Å². The quantitative estimate of drug-likeness (QED) is 0.119. The lowest BCUT2D eigenvalue weighted by atomic mass is 9.98. The summed E-state index contributed by atoms with van der Waals surface area (Å²) >= 11 is 0. The number of rotatable bonds is 7. The number of fused-ring (bicyclic) bond motifs is 7. The number of ether oxygens (including phenoxy) is 1. The molecule has 6 nitrogen and oxygen atoms in total. The van der Waals surface area contributed by atoms with E-state index in [0.29, 0.717) is 28.2 Å². The molecule has 0 aliphatic carbocycles. The fourth-order valence-electron chi connectivity index (χ4n) is 9.16. The molecule has 0 aliphatic rings. The first-order chi connectivity index (χ1) is 31.4. The van der Waals surface area contributed by atoms with Crippen LogP contribution >= 0.6 is 0 Å². The molecular formula is C55H37N5O. The highest BCUT2D eigenvalue weighted by atomic mass is 16.5. The SMILES string of the molecule is [2H]C([2H])([2H])[n+]1[c-]n(-c2cccc(Oc3cccc(-c4ccccn4)c3)c2)c2cccc(-c3c(-n4c5ccccc5c5ccccc54)cccc3-n3c4ccccc4c4ccccc43)c21. The van der Waals surface area contributed by atoms with Crippen molar-refractivity contribution >= 4 is 54.6 Å². The number of para-hydroxylation sites is 5. The lowest BCUT2D eigenvalue weighted by Gasteiger charge is -2.21. The molecule has 0 bridgehead atoms. The minimum atomic E-state index is -2.59. The molecule has 0 amide bonds. The Bertz CT molecular complexity index is 3530. The highest BCUT2D eigenvalue weighted by Gasteiger charge is 2.24. The molecule has 12 rings (SSSR count). The molecule has 0 atom stereocenters. The van der Waals surface area contributed by atoms with E-state index >= 15 is 0 Å². The summed E-state index contributed by atoms with van der Waals surface area (Å²) in [6.45, 7) is -2.59. The van der Waals surface area contributed by atoms with E-state index < -0.39 is 6.98 Å². The molecule has 0 saturated carbocycles. The Balaban J connectivity index is 1.12. The van der Waals surface area contributed by atoms with Crippen LogP contribution in [0.5, 0.6) is 11.5 Å². The molecule has 8 aromatic carbocycles. The molecule has 288 valence electrons. The largest absolute Gasteiger partial charge is 0.458 e. The second kappa shape index (κ2) is 14.0. The molecule has 6 heteroatoms. The molecule has 0 radical (unpaired) electrons. The Labute approximate surface area is 356 Å². The zero-order valence-electron chi connectivity index (χ0n) is 35.8. The van der Waals surface area contributed by atoms with Crippen molar-refractivity contribution < 1.29 is 13.4 Å². The maximum Gasteiger partial charge on any atom is 0.244 e. The van der Waals surface area contributed by atoms with Gasteiger partial charge in [-0.05, 0) is 78.4 Å². The number of hydrogen-bond acceptors (Lipinski definition) is 2. The number of nitrogens with zero attached hydrogens (tertiary/aromatic N) is 5. The van der Waals surface area contributed by atoms with E-state index in [9.17, 15) is 0 Å². The smallest absolute Gasteiger partial charge is 0.244 e. The van der Waals surface area contributed by atoms with Gasteiger partial charge >= 0.3 is 0 Å². The van der Waals surface area contributed by atoms with Crippen molar-refractivity contribution in [2.75, 3.05) is 0 Å². The summed E-state index contributed by atoms with van der Waals surface area (Å²) < 4.78 is 41.2. The van der Waals surface area contributed by atoms with Crippen LogP contribution in [0.15, 0.2) is 206 Å². The normalized spacial score (nSPS) is 12.6. The number of aryl methyl sites for hydroxylation is 1. The molecule has 0 spiro atoms. The third-order valence-corrected chi connectivity index (χ3v) is 11.7. The first kappa shape index (κ1) is 31.7. The molecule has 61 heavy (non-hydrogen) atoms. The average molecular weight is 787 g/mol. The van der Waals surface area contributed by atoms with Crippen molar-refractivity contribution in [1.82, 2.24) is 18.7 Å².